The highest BCUT2D eigenvalue weighted by Crippen LogP contribution is 1.92. The molecule has 3 heteroatoms. The summed E-state index contributed by atoms with van der Waals surface area (Å²) >= 11 is 0. The zero-order chi connectivity index (χ0) is 9.44. The van der Waals surface area contributed by atoms with E-state index in [1.165, 1.54) is 6.92 Å². The van der Waals surface area contributed by atoms with Crippen LogP contribution in [0.1, 0.15) is 34.1 Å². The van der Waals surface area contributed by atoms with Crippen LogP contribution < -0.4 is 5.73 Å². The van der Waals surface area contributed by atoms with Gasteiger partial charge < -0.3 is 10.8 Å². The lowest BCUT2D eigenvalue weighted by Crippen LogP contribution is -2.39. The summed E-state index contributed by atoms with van der Waals surface area (Å²) in [5.74, 6) is -0.0926. The van der Waals surface area contributed by atoms with E-state index in [2.05, 4.69) is 0 Å². The molecular formula is C8H19NO2. The van der Waals surface area contributed by atoms with E-state index in [4.69, 9.17) is 10.8 Å². The zero-order valence-corrected chi connectivity index (χ0v) is 7.79. The lowest BCUT2D eigenvalue weighted by atomic mass is 10.1. The van der Waals surface area contributed by atoms with E-state index in [1.807, 2.05) is 13.8 Å². The Morgan fingerprint density at radius 2 is 1.91 bits per heavy atom. The molecule has 2 unspecified atom stereocenters. The fraction of sp³-hybridized carbons (Fsp3) is 0.875. The largest absolute Gasteiger partial charge is 0.391 e. The maximum atomic E-state index is 10.7. The van der Waals surface area contributed by atoms with E-state index < -0.39 is 12.1 Å². The van der Waals surface area contributed by atoms with Crippen LogP contribution in [0.15, 0.2) is 0 Å². The summed E-state index contributed by atoms with van der Waals surface area (Å²) in [4.78, 5) is 10.7. The van der Waals surface area contributed by atoms with E-state index in [0.717, 1.165) is 0 Å². The highest BCUT2D eigenvalue weighted by Gasteiger charge is 2.15. The first-order chi connectivity index (χ1) is 5.09. The van der Waals surface area contributed by atoms with E-state index in [9.17, 15) is 4.79 Å². The Morgan fingerprint density at radius 1 is 1.55 bits per heavy atom. The van der Waals surface area contributed by atoms with Gasteiger partial charge in [-0.1, -0.05) is 20.8 Å². The molecular weight excluding hydrogens is 142 g/mol. The third-order valence-corrected chi connectivity index (χ3v) is 1.24. The summed E-state index contributed by atoms with van der Waals surface area (Å²) in [5.41, 5.74) is 5.27. The van der Waals surface area contributed by atoms with Crippen LogP contribution in [-0.2, 0) is 4.79 Å². The first-order valence-corrected chi connectivity index (χ1v) is 4.06. The molecule has 3 N–H and O–H groups in total. The average Bonchev–Trinajstić information content (AvgIpc) is 2.05. The molecule has 0 aromatic carbocycles. The van der Waals surface area contributed by atoms with Crippen molar-refractivity contribution in [1.82, 2.24) is 0 Å². The number of hydrogen-bond acceptors (Lipinski definition) is 3. The summed E-state index contributed by atoms with van der Waals surface area (Å²) in [6.45, 7) is 7.24. The summed E-state index contributed by atoms with van der Waals surface area (Å²) in [7, 11) is 0. The minimum absolute atomic E-state index is 0.0926. The predicted octanol–water partition coefficient (Wildman–Crippen LogP) is 0.700. The van der Waals surface area contributed by atoms with E-state index in [-0.39, 0.29) is 5.78 Å². The molecule has 0 saturated heterocycles. The lowest BCUT2D eigenvalue weighted by molar-refractivity contribution is -0.122. The molecule has 68 valence electrons. The summed E-state index contributed by atoms with van der Waals surface area (Å²) < 4.78 is 0. The molecule has 0 bridgehead atoms. The van der Waals surface area contributed by atoms with Gasteiger partial charge in [0.1, 0.15) is 0 Å². The first kappa shape index (κ1) is 13.2. The molecule has 0 fully saturated rings. The summed E-state index contributed by atoms with van der Waals surface area (Å²) in [6.07, 6.45) is -0.330. The molecule has 0 saturated carbocycles. The molecule has 0 aliphatic carbocycles. The van der Waals surface area contributed by atoms with E-state index in [1.54, 1.807) is 6.92 Å². The quantitative estimate of drug-likeness (QED) is 0.640. The SMILES string of the molecule is CC.CCC(=O)C(N)C(C)O. The molecule has 0 amide bonds. The number of carbonyl (C=O) groups excluding carboxylic acids is 1. The number of aliphatic hydroxyl groups is 1. The third-order valence-electron chi connectivity index (χ3n) is 1.24. The molecule has 0 aliphatic heterocycles. The van der Waals surface area contributed by atoms with Gasteiger partial charge >= 0.3 is 0 Å². The lowest BCUT2D eigenvalue weighted by Gasteiger charge is -2.10. The van der Waals surface area contributed by atoms with Gasteiger partial charge in [-0.25, -0.2) is 0 Å². The molecule has 0 aromatic rings. The number of aliphatic hydroxyl groups excluding tert-OH is 1. The van der Waals surface area contributed by atoms with Crippen molar-refractivity contribution in [2.24, 2.45) is 5.73 Å². The molecule has 0 rings (SSSR count). The molecule has 0 heterocycles. The van der Waals surface area contributed by atoms with Gasteiger partial charge in [-0.2, -0.15) is 0 Å². The Labute approximate surface area is 68.6 Å². The predicted molar refractivity (Wildman–Crippen MR) is 46.3 cm³/mol. The highest BCUT2D eigenvalue weighted by molar-refractivity contribution is 5.83. The highest BCUT2D eigenvalue weighted by atomic mass is 16.3. The van der Waals surface area contributed by atoms with Crippen molar-refractivity contribution >= 4 is 5.78 Å². The first-order valence-electron chi connectivity index (χ1n) is 4.06. The van der Waals surface area contributed by atoms with Crippen LogP contribution in [0.4, 0.5) is 0 Å². The number of Topliss-reactive ketones (excluding diaryl/α,β-unsaturated/α-hetero) is 1. The molecule has 0 aromatic heterocycles. The van der Waals surface area contributed by atoms with Gasteiger partial charge in [0.25, 0.3) is 0 Å². The van der Waals surface area contributed by atoms with Crippen molar-refractivity contribution in [3.05, 3.63) is 0 Å². The molecule has 3 nitrogen and oxygen atoms in total. The monoisotopic (exact) mass is 161 g/mol. The van der Waals surface area contributed by atoms with Crippen LogP contribution in [0.2, 0.25) is 0 Å². The van der Waals surface area contributed by atoms with Crippen LogP contribution in [0.5, 0.6) is 0 Å². The van der Waals surface area contributed by atoms with Crippen molar-refractivity contribution < 1.29 is 9.90 Å². The third kappa shape index (κ3) is 6.01. The second-order valence-corrected chi connectivity index (χ2v) is 2.09. The fourth-order valence-corrected chi connectivity index (χ4v) is 0.505. The van der Waals surface area contributed by atoms with Crippen molar-refractivity contribution in [3.63, 3.8) is 0 Å². The Bertz CT molecular complexity index is 102. The maximum absolute atomic E-state index is 10.7. The van der Waals surface area contributed by atoms with Crippen LogP contribution in [0.3, 0.4) is 0 Å². The van der Waals surface area contributed by atoms with Crippen molar-refractivity contribution in [2.75, 3.05) is 0 Å². The van der Waals surface area contributed by atoms with Gasteiger partial charge in [0.05, 0.1) is 12.1 Å². The fourth-order valence-electron chi connectivity index (χ4n) is 0.505. The van der Waals surface area contributed by atoms with Crippen LogP contribution in [-0.4, -0.2) is 23.0 Å². The smallest absolute Gasteiger partial charge is 0.151 e. The van der Waals surface area contributed by atoms with Crippen molar-refractivity contribution in [1.29, 1.82) is 0 Å². The van der Waals surface area contributed by atoms with Gasteiger partial charge in [0.15, 0.2) is 5.78 Å². The second kappa shape index (κ2) is 7.69. The Kier molecular flexibility index (Phi) is 9.23. The molecule has 11 heavy (non-hydrogen) atoms. The minimum Gasteiger partial charge on any atom is -0.391 e. The second-order valence-electron chi connectivity index (χ2n) is 2.09. The Morgan fingerprint density at radius 3 is 2.00 bits per heavy atom. The molecule has 0 radical (unpaired) electrons. The number of hydrogen-bond donors (Lipinski definition) is 2. The molecule has 2 atom stereocenters. The normalized spacial score (nSPS) is 14.4. The van der Waals surface area contributed by atoms with E-state index >= 15 is 0 Å². The number of rotatable bonds is 3. The Hall–Kier alpha value is -0.410. The van der Waals surface area contributed by atoms with E-state index in [0.29, 0.717) is 6.42 Å². The van der Waals surface area contributed by atoms with Gasteiger partial charge in [-0.3, -0.25) is 4.79 Å². The standard InChI is InChI=1S/C6H13NO2.C2H6/c1-3-5(9)6(7)4(2)8;1-2/h4,6,8H,3,7H2,1-2H3;1-2H3. The zero-order valence-electron chi connectivity index (χ0n) is 7.79. The summed E-state index contributed by atoms with van der Waals surface area (Å²) in [5, 5.41) is 8.78. The van der Waals surface area contributed by atoms with Gasteiger partial charge in [0.2, 0.25) is 0 Å². The average molecular weight is 161 g/mol. The van der Waals surface area contributed by atoms with Crippen molar-refractivity contribution in [2.45, 2.75) is 46.3 Å². The van der Waals surface area contributed by atoms with Crippen LogP contribution >= 0.6 is 0 Å². The summed E-state index contributed by atoms with van der Waals surface area (Å²) in [6, 6.07) is -0.699. The number of ketones is 1. The Balaban J connectivity index is 0. The van der Waals surface area contributed by atoms with Crippen LogP contribution in [0, 0.1) is 0 Å². The van der Waals surface area contributed by atoms with Gasteiger partial charge in [0, 0.05) is 6.42 Å². The maximum Gasteiger partial charge on any atom is 0.151 e. The number of nitrogens with two attached hydrogens (primary N) is 1. The van der Waals surface area contributed by atoms with Crippen LogP contribution in [0.25, 0.3) is 0 Å². The topological polar surface area (TPSA) is 63.3 Å². The minimum atomic E-state index is -0.725. The number of carbonyl (C=O) groups is 1. The van der Waals surface area contributed by atoms with Crippen molar-refractivity contribution in [3.8, 4) is 0 Å². The molecule has 0 aliphatic rings. The molecule has 0 spiro atoms. The van der Waals surface area contributed by atoms with Gasteiger partial charge in [-0.15, -0.1) is 0 Å². The van der Waals surface area contributed by atoms with Gasteiger partial charge in [-0.05, 0) is 6.92 Å².